The first kappa shape index (κ1) is 22.2. The average Bonchev–Trinajstić information content (AvgIpc) is 2.63. The molecule has 1 unspecified atom stereocenters. The summed E-state index contributed by atoms with van der Waals surface area (Å²) >= 11 is 0. The van der Waals surface area contributed by atoms with Gasteiger partial charge in [-0.2, -0.15) is 0 Å². The molecule has 2 nitrogen and oxygen atoms in total. The lowest BCUT2D eigenvalue weighted by Crippen LogP contribution is -2.26. The summed E-state index contributed by atoms with van der Waals surface area (Å²) in [5, 5.41) is 13.4. The van der Waals surface area contributed by atoms with Crippen molar-refractivity contribution in [2.24, 2.45) is 0 Å². The molecule has 25 heavy (non-hydrogen) atoms. The van der Waals surface area contributed by atoms with E-state index in [1.165, 1.54) is 76.2 Å². The maximum absolute atomic E-state index is 10.0. The standard InChI is InChI=1S/C23H41NO/c1-2-3-4-5-6-7-8-9-10-11-12-16-19-23(25)21-24-20-22-17-14-13-15-18-22/h13-15,17-18,23-25H,2-12,16,19-21H2,1H3. The summed E-state index contributed by atoms with van der Waals surface area (Å²) in [6.45, 7) is 3.82. The van der Waals surface area contributed by atoms with Crippen LogP contribution in [-0.2, 0) is 6.54 Å². The van der Waals surface area contributed by atoms with Crippen LogP contribution in [0.3, 0.4) is 0 Å². The third-order valence-corrected chi connectivity index (χ3v) is 4.94. The van der Waals surface area contributed by atoms with E-state index in [0.29, 0.717) is 6.54 Å². The lowest BCUT2D eigenvalue weighted by molar-refractivity contribution is 0.157. The molecule has 0 amide bonds. The van der Waals surface area contributed by atoms with Gasteiger partial charge in [0.1, 0.15) is 0 Å². The minimum absolute atomic E-state index is 0.202. The molecule has 2 heteroatoms. The molecular formula is C23H41NO. The van der Waals surface area contributed by atoms with Crippen molar-refractivity contribution in [2.45, 2.75) is 103 Å². The zero-order valence-electron chi connectivity index (χ0n) is 16.5. The molecule has 0 bridgehead atoms. The van der Waals surface area contributed by atoms with Crippen LogP contribution in [0.5, 0.6) is 0 Å². The summed E-state index contributed by atoms with van der Waals surface area (Å²) in [6, 6.07) is 10.4. The maximum atomic E-state index is 10.0. The van der Waals surface area contributed by atoms with E-state index in [1.807, 2.05) is 6.07 Å². The van der Waals surface area contributed by atoms with Crippen molar-refractivity contribution in [3.8, 4) is 0 Å². The van der Waals surface area contributed by atoms with Crippen molar-refractivity contribution in [1.29, 1.82) is 0 Å². The largest absolute Gasteiger partial charge is 0.392 e. The fourth-order valence-electron chi connectivity index (χ4n) is 3.30. The van der Waals surface area contributed by atoms with Gasteiger partial charge in [0.2, 0.25) is 0 Å². The van der Waals surface area contributed by atoms with Crippen molar-refractivity contribution >= 4 is 0 Å². The lowest BCUT2D eigenvalue weighted by atomic mass is 10.0. The summed E-state index contributed by atoms with van der Waals surface area (Å²) in [5.74, 6) is 0. The smallest absolute Gasteiger partial charge is 0.0664 e. The Bertz CT molecular complexity index is 379. The molecule has 0 fully saturated rings. The Morgan fingerprint density at radius 2 is 1.28 bits per heavy atom. The van der Waals surface area contributed by atoms with Crippen LogP contribution in [0.25, 0.3) is 0 Å². The number of unbranched alkanes of at least 4 members (excludes halogenated alkanes) is 11. The van der Waals surface area contributed by atoms with E-state index in [0.717, 1.165) is 19.4 Å². The fraction of sp³-hybridized carbons (Fsp3) is 0.739. The van der Waals surface area contributed by atoms with Crippen LogP contribution < -0.4 is 5.32 Å². The van der Waals surface area contributed by atoms with Crippen molar-refractivity contribution in [3.05, 3.63) is 35.9 Å². The van der Waals surface area contributed by atoms with E-state index in [-0.39, 0.29) is 6.10 Å². The highest BCUT2D eigenvalue weighted by molar-refractivity contribution is 5.14. The average molecular weight is 348 g/mol. The Morgan fingerprint density at radius 3 is 1.84 bits per heavy atom. The quantitative estimate of drug-likeness (QED) is 0.327. The van der Waals surface area contributed by atoms with Crippen molar-refractivity contribution in [2.75, 3.05) is 6.54 Å². The van der Waals surface area contributed by atoms with Crippen molar-refractivity contribution in [3.63, 3.8) is 0 Å². The maximum Gasteiger partial charge on any atom is 0.0664 e. The molecular weight excluding hydrogens is 306 g/mol. The van der Waals surface area contributed by atoms with Crippen LogP contribution in [0.2, 0.25) is 0 Å². The van der Waals surface area contributed by atoms with Crippen LogP contribution in [0, 0.1) is 0 Å². The van der Waals surface area contributed by atoms with Gasteiger partial charge in [-0.1, -0.05) is 114 Å². The van der Waals surface area contributed by atoms with Crippen molar-refractivity contribution in [1.82, 2.24) is 5.32 Å². The van der Waals surface area contributed by atoms with E-state index in [9.17, 15) is 5.11 Å². The summed E-state index contributed by atoms with van der Waals surface area (Å²) < 4.78 is 0. The van der Waals surface area contributed by atoms with E-state index in [4.69, 9.17) is 0 Å². The number of hydrogen-bond acceptors (Lipinski definition) is 2. The molecule has 0 saturated heterocycles. The molecule has 0 aliphatic carbocycles. The Hall–Kier alpha value is -0.860. The topological polar surface area (TPSA) is 32.3 Å². The Labute approximate surface area is 156 Å². The molecule has 1 aromatic carbocycles. The van der Waals surface area contributed by atoms with Gasteiger partial charge in [-0.25, -0.2) is 0 Å². The van der Waals surface area contributed by atoms with E-state index < -0.39 is 0 Å². The van der Waals surface area contributed by atoms with Crippen LogP contribution in [-0.4, -0.2) is 17.8 Å². The third kappa shape index (κ3) is 14.0. The second-order valence-electron chi connectivity index (χ2n) is 7.45. The monoisotopic (exact) mass is 347 g/mol. The number of aliphatic hydroxyl groups excluding tert-OH is 1. The Balaban J connectivity index is 1.80. The molecule has 144 valence electrons. The molecule has 0 aliphatic heterocycles. The first-order valence-corrected chi connectivity index (χ1v) is 10.8. The van der Waals surface area contributed by atoms with Crippen LogP contribution >= 0.6 is 0 Å². The molecule has 1 aromatic rings. The van der Waals surface area contributed by atoms with Gasteiger partial charge in [-0.3, -0.25) is 0 Å². The van der Waals surface area contributed by atoms with Gasteiger partial charge in [0.25, 0.3) is 0 Å². The van der Waals surface area contributed by atoms with E-state index in [2.05, 4.69) is 36.5 Å². The molecule has 2 N–H and O–H groups in total. The summed E-state index contributed by atoms with van der Waals surface area (Å²) in [4.78, 5) is 0. The molecule has 0 saturated carbocycles. The first-order valence-electron chi connectivity index (χ1n) is 10.8. The van der Waals surface area contributed by atoms with Crippen LogP contribution in [0.15, 0.2) is 30.3 Å². The van der Waals surface area contributed by atoms with Gasteiger partial charge in [0, 0.05) is 13.1 Å². The van der Waals surface area contributed by atoms with Crippen LogP contribution in [0.4, 0.5) is 0 Å². The molecule has 0 aliphatic rings. The molecule has 0 heterocycles. The van der Waals surface area contributed by atoms with Gasteiger partial charge in [-0.05, 0) is 12.0 Å². The molecule has 0 spiro atoms. The zero-order valence-corrected chi connectivity index (χ0v) is 16.5. The summed E-state index contributed by atoms with van der Waals surface area (Å²) in [5.41, 5.74) is 1.28. The molecule has 1 rings (SSSR count). The van der Waals surface area contributed by atoms with Gasteiger partial charge in [0.15, 0.2) is 0 Å². The minimum atomic E-state index is -0.202. The zero-order chi connectivity index (χ0) is 18.0. The van der Waals surface area contributed by atoms with Gasteiger partial charge in [0.05, 0.1) is 6.10 Å². The molecule has 0 radical (unpaired) electrons. The first-order chi connectivity index (χ1) is 12.3. The number of nitrogens with one attached hydrogen (secondary N) is 1. The fourth-order valence-corrected chi connectivity index (χ4v) is 3.30. The highest BCUT2D eigenvalue weighted by Crippen LogP contribution is 2.13. The van der Waals surface area contributed by atoms with Gasteiger partial charge < -0.3 is 10.4 Å². The minimum Gasteiger partial charge on any atom is -0.392 e. The number of rotatable bonds is 17. The molecule has 1 atom stereocenters. The van der Waals surface area contributed by atoms with E-state index in [1.54, 1.807) is 0 Å². The highest BCUT2D eigenvalue weighted by Gasteiger charge is 2.03. The van der Waals surface area contributed by atoms with Crippen molar-refractivity contribution < 1.29 is 5.11 Å². The van der Waals surface area contributed by atoms with E-state index >= 15 is 0 Å². The number of benzene rings is 1. The highest BCUT2D eigenvalue weighted by atomic mass is 16.3. The predicted octanol–water partition coefficient (Wildman–Crippen LogP) is 6.23. The third-order valence-electron chi connectivity index (χ3n) is 4.94. The Kier molecular flexibility index (Phi) is 14.7. The normalized spacial score (nSPS) is 12.4. The van der Waals surface area contributed by atoms with Gasteiger partial charge in [-0.15, -0.1) is 0 Å². The van der Waals surface area contributed by atoms with Gasteiger partial charge >= 0.3 is 0 Å². The molecule has 0 aromatic heterocycles. The second-order valence-corrected chi connectivity index (χ2v) is 7.45. The lowest BCUT2D eigenvalue weighted by Gasteiger charge is -2.11. The van der Waals surface area contributed by atoms with Crippen LogP contribution in [0.1, 0.15) is 96.0 Å². The summed E-state index contributed by atoms with van der Waals surface area (Å²) in [6.07, 6.45) is 17.2. The number of hydrogen-bond donors (Lipinski definition) is 2. The second kappa shape index (κ2) is 16.6. The number of aliphatic hydroxyl groups is 1. The SMILES string of the molecule is CCCCCCCCCCCCCCC(O)CNCc1ccccc1. The Morgan fingerprint density at radius 1 is 0.760 bits per heavy atom. The summed E-state index contributed by atoms with van der Waals surface area (Å²) in [7, 11) is 0. The predicted molar refractivity (Wildman–Crippen MR) is 110 cm³/mol.